The van der Waals surface area contributed by atoms with Crippen LogP contribution >= 0.6 is 0 Å². The van der Waals surface area contributed by atoms with Crippen LogP contribution in [0.4, 0.5) is 0 Å². The Morgan fingerprint density at radius 3 is 2.20 bits per heavy atom. The number of hydrogen-bond acceptors (Lipinski definition) is 6. The van der Waals surface area contributed by atoms with Crippen molar-refractivity contribution in [1.82, 2.24) is 4.90 Å². The van der Waals surface area contributed by atoms with Crippen LogP contribution in [-0.2, 0) is 19.1 Å². The SMILES string of the molecule is CCOC(=O)C(C(=O)OCC)C1(O)CCCN(C)CC1. The van der Waals surface area contributed by atoms with Crippen LogP contribution in [-0.4, -0.2) is 60.9 Å². The Morgan fingerprint density at radius 2 is 1.70 bits per heavy atom. The molecule has 1 heterocycles. The van der Waals surface area contributed by atoms with Gasteiger partial charge in [0.25, 0.3) is 0 Å². The number of likely N-dealkylation sites (tertiary alicyclic amines) is 1. The highest BCUT2D eigenvalue weighted by atomic mass is 16.6. The van der Waals surface area contributed by atoms with E-state index in [1.807, 2.05) is 7.05 Å². The maximum absolute atomic E-state index is 12.1. The lowest BCUT2D eigenvalue weighted by Gasteiger charge is -2.32. The fourth-order valence-corrected chi connectivity index (χ4v) is 2.55. The van der Waals surface area contributed by atoms with Gasteiger partial charge in [-0.1, -0.05) is 0 Å². The Labute approximate surface area is 120 Å². The first kappa shape index (κ1) is 16.9. The van der Waals surface area contributed by atoms with Crippen LogP contribution in [0.3, 0.4) is 0 Å². The highest BCUT2D eigenvalue weighted by Crippen LogP contribution is 2.31. The summed E-state index contributed by atoms with van der Waals surface area (Å²) in [5.74, 6) is -2.65. The van der Waals surface area contributed by atoms with Gasteiger partial charge in [0.05, 0.1) is 18.8 Å². The molecule has 1 atom stereocenters. The minimum Gasteiger partial charge on any atom is -0.465 e. The number of carbonyl (C=O) groups excluding carboxylic acids is 2. The predicted octanol–water partition coefficient (Wildman–Crippen LogP) is 0.576. The van der Waals surface area contributed by atoms with Crippen LogP contribution in [0.15, 0.2) is 0 Å². The lowest BCUT2D eigenvalue weighted by Crippen LogP contribution is -2.48. The van der Waals surface area contributed by atoms with Gasteiger partial charge in [-0.25, -0.2) is 0 Å². The Balaban J connectivity index is 2.94. The summed E-state index contributed by atoms with van der Waals surface area (Å²) in [5.41, 5.74) is -1.39. The summed E-state index contributed by atoms with van der Waals surface area (Å²) < 4.78 is 9.89. The second-order valence-corrected chi connectivity index (χ2v) is 5.20. The summed E-state index contributed by atoms with van der Waals surface area (Å²) in [6.45, 7) is 5.15. The number of aliphatic hydroxyl groups is 1. The predicted molar refractivity (Wildman–Crippen MR) is 73.1 cm³/mol. The summed E-state index contributed by atoms with van der Waals surface area (Å²) in [4.78, 5) is 26.2. The Hall–Kier alpha value is -1.14. The molecule has 1 saturated heterocycles. The molecule has 0 aromatic heterocycles. The van der Waals surface area contributed by atoms with E-state index < -0.39 is 23.5 Å². The van der Waals surface area contributed by atoms with Crippen molar-refractivity contribution in [3.05, 3.63) is 0 Å². The lowest BCUT2D eigenvalue weighted by molar-refractivity contribution is -0.175. The van der Waals surface area contributed by atoms with E-state index in [4.69, 9.17) is 9.47 Å². The monoisotopic (exact) mass is 287 g/mol. The molecule has 6 nitrogen and oxygen atoms in total. The average Bonchev–Trinajstić information content (AvgIpc) is 2.53. The van der Waals surface area contributed by atoms with Crippen molar-refractivity contribution >= 4 is 11.9 Å². The van der Waals surface area contributed by atoms with E-state index in [2.05, 4.69) is 4.90 Å². The maximum atomic E-state index is 12.1. The lowest BCUT2D eigenvalue weighted by atomic mass is 9.81. The van der Waals surface area contributed by atoms with Crippen LogP contribution in [0, 0.1) is 5.92 Å². The first-order chi connectivity index (χ1) is 9.44. The van der Waals surface area contributed by atoms with E-state index in [9.17, 15) is 14.7 Å². The highest BCUT2D eigenvalue weighted by Gasteiger charge is 2.48. The van der Waals surface area contributed by atoms with Crippen LogP contribution in [0.2, 0.25) is 0 Å². The number of nitrogens with zero attached hydrogens (tertiary/aromatic N) is 1. The van der Waals surface area contributed by atoms with E-state index in [0.29, 0.717) is 19.4 Å². The maximum Gasteiger partial charge on any atom is 0.323 e. The Kier molecular flexibility index (Phi) is 6.42. The Bertz CT molecular complexity index is 328. The van der Waals surface area contributed by atoms with Crippen molar-refractivity contribution in [2.75, 3.05) is 33.4 Å². The fraction of sp³-hybridized carbons (Fsp3) is 0.857. The quantitative estimate of drug-likeness (QED) is 0.589. The molecular weight excluding hydrogens is 262 g/mol. The van der Waals surface area contributed by atoms with E-state index in [0.717, 1.165) is 13.0 Å². The standard InChI is InChI=1S/C14H25NO5/c1-4-19-12(16)11(13(17)20-5-2)14(18)7-6-9-15(3)10-8-14/h11,18H,4-10H2,1-3H3. The molecule has 0 aliphatic carbocycles. The number of hydrogen-bond donors (Lipinski definition) is 1. The van der Waals surface area contributed by atoms with Crippen molar-refractivity contribution in [3.8, 4) is 0 Å². The molecule has 0 aromatic rings. The third-order valence-corrected chi connectivity index (χ3v) is 3.66. The summed E-state index contributed by atoms with van der Waals surface area (Å²) in [6, 6.07) is 0. The van der Waals surface area contributed by atoms with Crippen molar-refractivity contribution < 1.29 is 24.2 Å². The Morgan fingerprint density at radius 1 is 1.15 bits per heavy atom. The number of rotatable bonds is 5. The molecule has 0 spiro atoms. The molecule has 0 amide bonds. The third kappa shape index (κ3) is 4.18. The fourth-order valence-electron chi connectivity index (χ4n) is 2.55. The van der Waals surface area contributed by atoms with E-state index in [1.54, 1.807) is 13.8 Å². The molecule has 1 N–H and O–H groups in total. The third-order valence-electron chi connectivity index (χ3n) is 3.66. The van der Waals surface area contributed by atoms with Gasteiger partial charge in [-0.2, -0.15) is 0 Å². The van der Waals surface area contributed by atoms with E-state index >= 15 is 0 Å². The van der Waals surface area contributed by atoms with Gasteiger partial charge in [0.2, 0.25) is 0 Å². The molecule has 20 heavy (non-hydrogen) atoms. The van der Waals surface area contributed by atoms with Gasteiger partial charge in [-0.3, -0.25) is 9.59 Å². The molecule has 1 aliphatic heterocycles. The summed E-state index contributed by atoms with van der Waals surface area (Å²) in [5, 5.41) is 10.8. The minimum atomic E-state index is -1.39. The zero-order valence-electron chi connectivity index (χ0n) is 12.6. The van der Waals surface area contributed by atoms with E-state index in [1.165, 1.54) is 0 Å². The zero-order valence-corrected chi connectivity index (χ0v) is 12.6. The van der Waals surface area contributed by atoms with Gasteiger partial charge in [0.1, 0.15) is 0 Å². The molecule has 116 valence electrons. The minimum absolute atomic E-state index is 0.171. The van der Waals surface area contributed by atoms with Crippen LogP contribution in [0.1, 0.15) is 33.1 Å². The second kappa shape index (κ2) is 7.59. The van der Waals surface area contributed by atoms with E-state index in [-0.39, 0.29) is 13.2 Å². The molecule has 1 aliphatic rings. The van der Waals surface area contributed by atoms with Crippen molar-refractivity contribution in [1.29, 1.82) is 0 Å². The van der Waals surface area contributed by atoms with Gasteiger partial charge in [0.15, 0.2) is 5.92 Å². The van der Waals surface area contributed by atoms with Crippen LogP contribution < -0.4 is 0 Å². The largest absolute Gasteiger partial charge is 0.465 e. The molecule has 1 rings (SSSR count). The first-order valence-electron chi connectivity index (χ1n) is 7.18. The van der Waals surface area contributed by atoms with Crippen molar-refractivity contribution in [2.45, 2.75) is 38.7 Å². The zero-order chi connectivity index (χ0) is 15.2. The van der Waals surface area contributed by atoms with Gasteiger partial charge in [-0.05, 0) is 46.7 Å². The topological polar surface area (TPSA) is 76.1 Å². The van der Waals surface area contributed by atoms with Crippen LogP contribution in [0.25, 0.3) is 0 Å². The van der Waals surface area contributed by atoms with Gasteiger partial charge >= 0.3 is 11.9 Å². The first-order valence-corrected chi connectivity index (χ1v) is 7.18. The normalized spacial score (nSPS) is 24.2. The molecule has 0 aromatic carbocycles. The molecule has 1 fully saturated rings. The van der Waals surface area contributed by atoms with Gasteiger partial charge in [-0.15, -0.1) is 0 Å². The molecule has 0 saturated carbocycles. The summed E-state index contributed by atoms with van der Waals surface area (Å²) in [7, 11) is 1.95. The summed E-state index contributed by atoms with van der Waals surface area (Å²) >= 11 is 0. The van der Waals surface area contributed by atoms with Crippen molar-refractivity contribution in [2.24, 2.45) is 5.92 Å². The molecule has 0 radical (unpaired) electrons. The number of carbonyl (C=O) groups is 2. The molecule has 6 heteroatoms. The molecule has 0 bridgehead atoms. The summed E-state index contributed by atoms with van der Waals surface area (Å²) in [6.07, 6.45) is 1.47. The number of esters is 2. The number of ether oxygens (including phenoxy) is 2. The van der Waals surface area contributed by atoms with Crippen LogP contribution in [0.5, 0.6) is 0 Å². The smallest absolute Gasteiger partial charge is 0.323 e. The van der Waals surface area contributed by atoms with Crippen molar-refractivity contribution in [3.63, 3.8) is 0 Å². The average molecular weight is 287 g/mol. The van der Waals surface area contributed by atoms with Gasteiger partial charge < -0.3 is 19.5 Å². The van der Waals surface area contributed by atoms with Gasteiger partial charge in [0, 0.05) is 6.54 Å². The molecule has 1 unspecified atom stereocenters. The highest BCUT2D eigenvalue weighted by molar-refractivity contribution is 5.96. The molecular formula is C14H25NO5. The second-order valence-electron chi connectivity index (χ2n) is 5.20.